The number of urea groups is 1. The summed E-state index contributed by atoms with van der Waals surface area (Å²) in [7, 11) is -0.327. The minimum atomic E-state index is -1.74. The average molecular weight is 480 g/mol. The van der Waals surface area contributed by atoms with E-state index in [1.807, 2.05) is 20.8 Å². The van der Waals surface area contributed by atoms with Crippen molar-refractivity contribution in [1.82, 2.24) is 5.32 Å². The van der Waals surface area contributed by atoms with E-state index in [2.05, 4.69) is 16.9 Å². The molecule has 176 valence electrons. The number of allylic oxidation sites excluding steroid dienone is 1. The Kier molecular flexibility index (Phi) is 6.97. The van der Waals surface area contributed by atoms with Gasteiger partial charge in [-0.25, -0.2) is 18.0 Å². The molecule has 1 heterocycles. The summed E-state index contributed by atoms with van der Waals surface area (Å²) in [4.78, 5) is 18.0. The molecule has 0 fully saturated rings. The highest BCUT2D eigenvalue weighted by atomic mass is 32.2. The fourth-order valence-electron chi connectivity index (χ4n) is 2.98. The monoisotopic (exact) mass is 479 g/mol. The zero-order valence-corrected chi connectivity index (χ0v) is 19.5. The molecular weight excluding hydrogens is 455 g/mol. The smallest absolute Gasteiger partial charge is 0.322 e. The highest BCUT2D eigenvalue weighted by molar-refractivity contribution is 7.85. The molecule has 1 atom stereocenters. The highest BCUT2D eigenvalue weighted by Crippen LogP contribution is 2.33. The van der Waals surface area contributed by atoms with Crippen molar-refractivity contribution in [3.05, 3.63) is 71.2 Å². The summed E-state index contributed by atoms with van der Waals surface area (Å²) in [6.07, 6.45) is 0. The van der Waals surface area contributed by atoms with Crippen LogP contribution in [0.1, 0.15) is 31.9 Å². The number of halogens is 3. The molecule has 0 radical (unpaired) electrons. The Morgan fingerprint density at radius 3 is 2.48 bits per heavy atom. The standard InChI is InChI=1S/C23H24F3N3O3S/c1-13(23(2,3)4)32-21(27-5)15-9-19-20(10-17(15)25)33(31)12-28-22(30)29(19)11-14-6-7-16(24)18(26)8-14/h6-10H,1,11-12H2,2-5H3,(H,28,30). The van der Waals surface area contributed by atoms with Crippen molar-refractivity contribution in [2.75, 3.05) is 17.8 Å². The van der Waals surface area contributed by atoms with E-state index in [1.165, 1.54) is 24.1 Å². The molecule has 1 aliphatic heterocycles. The van der Waals surface area contributed by atoms with Crippen molar-refractivity contribution >= 4 is 28.4 Å². The fourth-order valence-corrected chi connectivity index (χ4v) is 4.03. The Hall–Kier alpha value is -3.14. The minimum Gasteiger partial charge on any atom is -0.443 e. The van der Waals surface area contributed by atoms with Crippen molar-refractivity contribution in [2.45, 2.75) is 32.2 Å². The lowest BCUT2D eigenvalue weighted by atomic mass is 9.95. The molecule has 0 aromatic heterocycles. The Morgan fingerprint density at radius 2 is 1.88 bits per heavy atom. The van der Waals surface area contributed by atoms with Gasteiger partial charge in [0.05, 0.1) is 33.5 Å². The molecule has 0 spiro atoms. The van der Waals surface area contributed by atoms with E-state index in [-0.39, 0.29) is 40.0 Å². The number of benzene rings is 2. The summed E-state index contributed by atoms with van der Waals surface area (Å²) >= 11 is 0. The van der Waals surface area contributed by atoms with Crippen molar-refractivity contribution in [1.29, 1.82) is 0 Å². The molecule has 0 aliphatic carbocycles. The number of aliphatic imine (C=N–C) groups is 1. The van der Waals surface area contributed by atoms with Gasteiger partial charge in [-0.1, -0.05) is 33.4 Å². The zero-order valence-electron chi connectivity index (χ0n) is 18.7. The summed E-state index contributed by atoms with van der Waals surface area (Å²) in [6.45, 7) is 9.30. The number of fused-ring (bicyclic) bond motifs is 1. The lowest BCUT2D eigenvalue weighted by molar-refractivity contribution is 0.247. The summed E-state index contributed by atoms with van der Waals surface area (Å²) in [6, 6.07) is 4.99. The third kappa shape index (κ3) is 5.27. The maximum atomic E-state index is 15.1. The topological polar surface area (TPSA) is 71.0 Å². The Morgan fingerprint density at radius 1 is 1.18 bits per heavy atom. The van der Waals surface area contributed by atoms with E-state index in [1.54, 1.807) is 0 Å². The minimum absolute atomic E-state index is 0.0661. The normalized spacial score (nSPS) is 16.7. The number of carbonyl (C=O) groups is 1. The molecule has 3 rings (SSSR count). The maximum absolute atomic E-state index is 15.1. The predicted octanol–water partition coefficient (Wildman–Crippen LogP) is 4.85. The quantitative estimate of drug-likeness (QED) is 0.387. The number of ether oxygens (including phenoxy) is 1. The van der Waals surface area contributed by atoms with Crippen LogP contribution in [0.2, 0.25) is 0 Å². The van der Waals surface area contributed by atoms with E-state index in [0.29, 0.717) is 5.76 Å². The Balaban J connectivity index is 2.10. The van der Waals surface area contributed by atoms with Crippen molar-refractivity contribution in [2.24, 2.45) is 10.4 Å². The fraction of sp³-hybridized carbons (Fsp3) is 0.304. The number of amides is 2. The lowest BCUT2D eigenvalue weighted by Crippen LogP contribution is -2.38. The molecule has 2 amide bonds. The molecule has 6 nitrogen and oxygen atoms in total. The van der Waals surface area contributed by atoms with E-state index < -0.39 is 39.7 Å². The average Bonchev–Trinajstić information content (AvgIpc) is 2.85. The number of hydrogen-bond acceptors (Lipinski definition) is 4. The van der Waals surface area contributed by atoms with Crippen molar-refractivity contribution in [3.8, 4) is 0 Å². The first-order valence-corrected chi connectivity index (χ1v) is 11.3. The van der Waals surface area contributed by atoms with Crippen molar-refractivity contribution in [3.63, 3.8) is 0 Å². The van der Waals surface area contributed by atoms with E-state index in [0.717, 1.165) is 18.2 Å². The summed E-state index contributed by atoms with van der Waals surface area (Å²) in [5, 5.41) is 2.49. The van der Waals surface area contributed by atoms with E-state index in [4.69, 9.17) is 4.74 Å². The first-order valence-electron chi connectivity index (χ1n) is 9.98. The van der Waals surface area contributed by atoms with Gasteiger partial charge >= 0.3 is 6.03 Å². The maximum Gasteiger partial charge on any atom is 0.322 e. The number of hydrogen-bond donors (Lipinski definition) is 1. The van der Waals surface area contributed by atoms with E-state index >= 15 is 4.39 Å². The van der Waals surface area contributed by atoms with Gasteiger partial charge in [0.25, 0.3) is 0 Å². The van der Waals surface area contributed by atoms with Gasteiger partial charge in [-0.05, 0) is 29.8 Å². The highest BCUT2D eigenvalue weighted by Gasteiger charge is 2.30. The van der Waals surface area contributed by atoms with Crippen LogP contribution < -0.4 is 10.2 Å². The van der Waals surface area contributed by atoms with Crippen LogP contribution >= 0.6 is 0 Å². The first-order chi connectivity index (χ1) is 15.4. The van der Waals surface area contributed by atoms with Crippen LogP contribution in [0.3, 0.4) is 0 Å². The second-order valence-electron chi connectivity index (χ2n) is 8.41. The van der Waals surface area contributed by atoms with E-state index in [9.17, 15) is 17.8 Å². The van der Waals surface area contributed by atoms with Gasteiger partial charge in [0.2, 0.25) is 5.90 Å². The van der Waals surface area contributed by atoms with Gasteiger partial charge in [-0.2, -0.15) is 0 Å². The third-order valence-electron chi connectivity index (χ3n) is 5.00. The van der Waals surface area contributed by atoms with Crippen LogP contribution in [-0.2, 0) is 22.1 Å². The molecule has 10 heteroatoms. The van der Waals surface area contributed by atoms with Gasteiger partial charge in [-0.3, -0.25) is 14.1 Å². The van der Waals surface area contributed by atoms with Crippen LogP contribution in [0.4, 0.5) is 23.7 Å². The summed E-state index contributed by atoms with van der Waals surface area (Å²) in [5.41, 5.74) is -0.0902. The van der Waals surface area contributed by atoms with Crippen LogP contribution in [0.5, 0.6) is 0 Å². The molecule has 1 unspecified atom stereocenters. The molecule has 0 saturated carbocycles. The molecule has 0 bridgehead atoms. The number of anilines is 1. The number of nitrogens with one attached hydrogen (secondary N) is 1. The largest absolute Gasteiger partial charge is 0.443 e. The third-order valence-corrected chi connectivity index (χ3v) is 6.22. The Bertz CT molecular complexity index is 1180. The Labute approximate surface area is 192 Å². The molecular formula is C23H24F3N3O3S. The number of nitrogens with zero attached hydrogens (tertiary/aromatic N) is 2. The van der Waals surface area contributed by atoms with Crippen LogP contribution in [-0.4, -0.2) is 29.1 Å². The van der Waals surface area contributed by atoms with Gasteiger partial charge in [0.15, 0.2) is 11.6 Å². The summed E-state index contributed by atoms with van der Waals surface area (Å²) in [5.74, 6) is -2.79. The lowest BCUT2D eigenvalue weighted by Gasteiger charge is -2.25. The second-order valence-corrected chi connectivity index (χ2v) is 9.83. The molecule has 1 N–H and O–H groups in total. The van der Waals surface area contributed by atoms with Gasteiger partial charge < -0.3 is 10.1 Å². The van der Waals surface area contributed by atoms with Crippen LogP contribution in [0.25, 0.3) is 0 Å². The van der Waals surface area contributed by atoms with Gasteiger partial charge in [-0.15, -0.1) is 0 Å². The van der Waals surface area contributed by atoms with Gasteiger partial charge in [0, 0.05) is 12.5 Å². The number of carbonyl (C=O) groups excluding carboxylic acids is 1. The molecule has 2 aromatic carbocycles. The molecule has 1 aliphatic rings. The van der Waals surface area contributed by atoms with Crippen molar-refractivity contribution < 1.29 is 26.9 Å². The van der Waals surface area contributed by atoms with Crippen LogP contribution in [0.15, 0.2) is 52.6 Å². The zero-order chi connectivity index (χ0) is 24.5. The molecule has 33 heavy (non-hydrogen) atoms. The summed E-state index contributed by atoms with van der Waals surface area (Å²) < 4.78 is 60.5. The molecule has 2 aromatic rings. The first kappa shape index (κ1) is 24.5. The second kappa shape index (κ2) is 9.38. The van der Waals surface area contributed by atoms with Gasteiger partial charge in [0.1, 0.15) is 17.5 Å². The van der Waals surface area contributed by atoms with Crippen LogP contribution in [0, 0.1) is 22.9 Å². The predicted molar refractivity (Wildman–Crippen MR) is 121 cm³/mol. The SMILES string of the molecule is C=C(OC(=NC)c1cc2c(cc1F)S(=O)CNC(=O)N2Cc1ccc(F)c(F)c1)C(C)(C)C. The number of rotatable bonds is 4. The molecule has 0 saturated heterocycles.